The van der Waals surface area contributed by atoms with Gasteiger partial charge >= 0.3 is 0 Å². The van der Waals surface area contributed by atoms with E-state index in [1.165, 1.54) is 231 Å². The molecule has 1 rings (SSSR count). The Morgan fingerprint density at radius 1 is 0.447 bits per heavy atom. The summed E-state index contributed by atoms with van der Waals surface area (Å²) in [7, 11) is 0. The minimum absolute atomic E-state index is 0.183. The molecule has 9 heteroatoms. The van der Waals surface area contributed by atoms with Crippen LogP contribution in [0, 0.1) is 0 Å². The molecule has 0 saturated carbocycles. The Hall–Kier alpha value is -2.11. The van der Waals surface area contributed by atoms with Gasteiger partial charge < -0.3 is 40.3 Å². The van der Waals surface area contributed by atoms with E-state index >= 15 is 0 Å². The third-order valence-electron chi connectivity index (χ3n) is 15.3. The predicted octanol–water partition coefficient (Wildman–Crippen LogP) is 17.0. The lowest BCUT2D eigenvalue weighted by Crippen LogP contribution is -2.60. The van der Waals surface area contributed by atoms with Crippen molar-refractivity contribution in [3.63, 3.8) is 0 Å². The van der Waals surface area contributed by atoms with Crippen LogP contribution >= 0.6 is 0 Å². The van der Waals surface area contributed by atoms with E-state index in [4.69, 9.17) is 9.47 Å². The molecule has 1 heterocycles. The summed E-state index contributed by atoms with van der Waals surface area (Å²) in [5, 5.41) is 54.6. The van der Waals surface area contributed by atoms with E-state index in [0.717, 1.165) is 51.4 Å². The first kappa shape index (κ1) is 71.9. The summed E-state index contributed by atoms with van der Waals surface area (Å²) in [5.74, 6) is -0.183. The summed E-state index contributed by atoms with van der Waals surface area (Å²) in [6.07, 6.45) is 70.2. The maximum absolute atomic E-state index is 13.1. The molecule has 0 aromatic rings. The average Bonchev–Trinajstić information content (AvgIpc) is 3.42. The lowest BCUT2D eigenvalue weighted by atomic mass is 9.99. The number of ether oxygens (including phenoxy) is 2. The quantitative estimate of drug-likeness (QED) is 0.0261. The second kappa shape index (κ2) is 56.2. The van der Waals surface area contributed by atoms with E-state index in [0.29, 0.717) is 6.42 Å². The van der Waals surface area contributed by atoms with Gasteiger partial charge in [0.15, 0.2) is 6.29 Å². The van der Waals surface area contributed by atoms with Crippen molar-refractivity contribution in [1.82, 2.24) is 5.32 Å². The van der Waals surface area contributed by atoms with Crippen molar-refractivity contribution in [2.24, 2.45) is 0 Å². The van der Waals surface area contributed by atoms with Gasteiger partial charge in [0, 0.05) is 6.42 Å². The van der Waals surface area contributed by atoms with Crippen LogP contribution in [0.1, 0.15) is 303 Å². The minimum atomic E-state index is -1.57. The van der Waals surface area contributed by atoms with Crippen molar-refractivity contribution in [3.8, 4) is 0 Å². The Bertz CT molecular complexity index is 1380. The molecule has 1 saturated heterocycles. The van der Waals surface area contributed by atoms with Gasteiger partial charge in [-0.3, -0.25) is 4.79 Å². The summed E-state index contributed by atoms with van der Waals surface area (Å²) in [5.41, 5.74) is 0. The number of carbonyl (C=O) groups is 1. The van der Waals surface area contributed by atoms with Gasteiger partial charge in [0.25, 0.3) is 0 Å². The molecule has 0 radical (unpaired) electrons. The highest BCUT2D eigenvalue weighted by Gasteiger charge is 2.44. The number of rotatable bonds is 56. The molecule has 0 aromatic carbocycles. The second-order valence-electron chi connectivity index (χ2n) is 22.5. The summed E-state index contributed by atoms with van der Waals surface area (Å²) in [4.78, 5) is 13.1. The fraction of sp³-hybridized carbons (Fsp3) is 0.836. The van der Waals surface area contributed by atoms with E-state index in [1.807, 2.05) is 6.08 Å². The maximum Gasteiger partial charge on any atom is 0.220 e. The monoisotopic (exact) mass is 1070 g/mol. The van der Waals surface area contributed by atoms with Crippen LogP contribution in [0.15, 0.2) is 60.8 Å². The first-order valence-electron chi connectivity index (χ1n) is 32.5. The first-order valence-corrected chi connectivity index (χ1v) is 32.5. The summed E-state index contributed by atoms with van der Waals surface area (Å²) < 4.78 is 11.3. The van der Waals surface area contributed by atoms with Crippen LogP contribution < -0.4 is 5.32 Å². The second-order valence-corrected chi connectivity index (χ2v) is 22.5. The molecule has 1 amide bonds. The topological polar surface area (TPSA) is 149 Å². The average molecular weight is 1070 g/mol. The van der Waals surface area contributed by atoms with Crippen LogP contribution in [0.5, 0.6) is 0 Å². The van der Waals surface area contributed by atoms with Crippen molar-refractivity contribution in [2.75, 3.05) is 13.2 Å². The summed E-state index contributed by atoms with van der Waals surface area (Å²) >= 11 is 0. The Morgan fingerprint density at radius 2 is 0.789 bits per heavy atom. The van der Waals surface area contributed by atoms with Crippen molar-refractivity contribution < 1.29 is 39.8 Å². The highest BCUT2D eigenvalue weighted by Crippen LogP contribution is 2.23. The normalized spacial score (nSPS) is 19.2. The number of allylic oxidation sites excluding steroid dienone is 9. The Morgan fingerprint density at radius 3 is 1.20 bits per heavy atom. The number of hydrogen-bond donors (Lipinski definition) is 6. The van der Waals surface area contributed by atoms with Gasteiger partial charge in [0.1, 0.15) is 24.4 Å². The summed E-state index contributed by atoms with van der Waals surface area (Å²) in [6.45, 7) is 3.78. The molecule has 0 bridgehead atoms. The molecule has 1 aliphatic heterocycles. The smallest absolute Gasteiger partial charge is 0.220 e. The van der Waals surface area contributed by atoms with Crippen molar-refractivity contribution in [3.05, 3.63) is 60.8 Å². The van der Waals surface area contributed by atoms with Crippen molar-refractivity contribution in [2.45, 2.75) is 346 Å². The molecule has 0 aromatic heterocycles. The minimum Gasteiger partial charge on any atom is -0.394 e. The van der Waals surface area contributed by atoms with E-state index < -0.39 is 49.5 Å². The first-order chi connectivity index (χ1) is 37.3. The number of nitrogens with one attached hydrogen (secondary N) is 1. The number of hydrogen-bond acceptors (Lipinski definition) is 8. The zero-order valence-corrected chi connectivity index (χ0v) is 49.5. The number of aliphatic hydroxyl groups excluding tert-OH is 5. The Labute approximate surface area is 468 Å². The predicted molar refractivity (Wildman–Crippen MR) is 322 cm³/mol. The van der Waals surface area contributed by atoms with Gasteiger partial charge in [-0.25, -0.2) is 0 Å². The Balaban J connectivity index is 2.15. The fourth-order valence-corrected chi connectivity index (χ4v) is 10.2. The molecule has 0 spiro atoms. The molecular weight excluding hydrogens is 947 g/mol. The molecule has 76 heavy (non-hydrogen) atoms. The van der Waals surface area contributed by atoms with Crippen LogP contribution in [0.2, 0.25) is 0 Å². The zero-order chi connectivity index (χ0) is 55.0. The van der Waals surface area contributed by atoms with Gasteiger partial charge in [0.2, 0.25) is 5.91 Å². The maximum atomic E-state index is 13.1. The van der Waals surface area contributed by atoms with Crippen LogP contribution in [-0.2, 0) is 14.3 Å². The zero-order valence-electron chi connectivity index (χ0n) is 49.5. The fourth-order valence-electron chi connectivity index (χ4n) is 10.2. The lowest BCUT2D eigenvalue weighted by Gasteiger charge is -2.40. The number of unbranched alkanes of at least 4 members (excludes halogenated alkanes) is 38. The molecule has 9 nitrogen and oxygen atoms in total. The van der Waals surface area contributed by atoms with Crippen molar-refractivity contribution >= 4 is 5.91 Å². The molecule has 1 fully saturated rings. The third kappa shape index (κ3) is 44.7. The van der Waals surface area contributed by atoms with Gasteiger partial charge in [-0.05, 0) is 70.6 Å². The highest BCUT2D eigenvalue weighted by molar-refractivity contribution is 5.76. The molecule has 7 unspecified atom stereocenters. The molecule has 6 N–H and O–H groups in total. The van der Waals surface area contributed by atoms with E-state index in [1.54, 1.807) is 6.08 Å². The number of carbonyl (C=O) groups excluding carboxylic acids is 1. The van der Waals surface area contributed by atoms with Crippen molar-refractivity contribution in [1.29, 1.82) is 0 Å². The molecule has 7 atom stereocenters. The molecule has 1 aliphatic rings. The third-order valence-corrected chi connectivity index (χ3v) is 15.3. The summed E-state index contributed by atoms with van der Waals surface area (Å²) in [6, 6.07) is -0.823. The standard InChI is InChI=1S/C67H123NO8/c1-3-5-7-9-11-13-15-17-19-21-23-25-26-27-28-29-30-31-32-33-34-35-36-37-39-41-43-45-47-49-51-53-55-57-63(71)68-60(59-75-67-66(74)65(73)64(72)62(58-69)76-67)61(70)56-54-52-50-48-46-44-42-40-38-24-22-20-18-16-14-12-10-8-6-4-2/h15,17,21,23,26-27,46,48,54,56,60-62,64-67,69-70,72-74H,3-14,16,18-20,22,24-25,28-45,47,49-53,55,57-59H2,1-2H3,(H,68,71)/b17-15-,23-21-,27-26-,48-46+,56-54+. The molecular formula is C67H123NO8. The Kier molecular flexibility index (Phi) is 53.1. The van der Waals surface area contributed by atoms with Crippen LogP contribution in [0.25, 0.3) is 0 Å². The van der Waals surface area contributed by atoms with Gasteiger partial charge in [-0.2, -0.15) is 0 Å². The SMILES string of the molecule is CCCCCCC/C=C\C/C=C\C/C=C\CCCCCCCCCCCCCCCCCCCCC(=O)NC(COC1OC(CO)C(O)C(O)C1O)C(O)/C=C/CC/C=C/CCCCCCCCCCCCCCCC. The molecule has 444 valence electrons. The number of aliphatic hydroxyl groups is 5. The van der Waals surface area contributed by atoms with E-state index in [9.17, 15) is 30.3 Å². The lowest BCUT2D eigenvalue weighted by molar-refractivity contribution is -0.302. The highest BCUT2D eigenvalue weighted by atomic mass is 16.7. The molecule has 0 aliphatic carbocycles. The van der Waals surface area contributed by atoms with E-state index in [-0.39, 0.29) is 12.5 Å². The van der Waals surface area contributed by atoms with E-state index in [2.05, 4.69) is 67.8 Å². The number of amides is 1. The van der Waals surface area contributed by atoms with Crippen LogP contribution in [-0.4, -0.2) is 87.5 Å². The van der Waals surface area contributed by atoms with Gasteiger partial charge in [0.05, 0.1) is 25.4 Å². The van der Waals surface area contributed by atoms with Crippen LogP contribution in [0.3, 0.4) is 0 Å². The van der Waals surface area contributed by atoms with Gasteiger partial charge in [-0.15, -0.1) is 0 Å². The van der Waals surface area contributed by atoms with Gasteiger partial charge in [-0.1, -0.05) is 286 Å². The largest absolute Gasteiger partial charge is 0.394 e. The van der Waals surface area contributed by atoms with Crippen LogP contribution in [0.4, 0.5) is 0 Å².